The number of hydrogen-bond donors (Lipinski definition) is 2. The average molecular weight is 321 g/mol. The molecule has 1 aromatic carbocycles. The monoisotopic (exact) mass is 321 g/mol. The molecule has 1 aromatic rings. The molecule has 2 rings (SSSR count). The van der Waals surface area contributed by atoms with Crippen molar-refractivity contribution in [3.8, 4) is 0 Å². The maximum Gasteiger partial charge on any atom is 0.191 e. The molecule has 5 heteroatoms. The lowest BCUT2D eigenvalue weighted by Crippen LogP contribution is -2.43. The summed E-state index contributed by atoms with van der Waals surface area (Å²) < 4.78 is 19.2. The summed E-state index contributed by atoms with van der Waals surface area (Å²) in [6.45, 7) is 9.05. The minimum absolute atomic E-state index is 0.153. The summed E-state index contributed by atoms with van der Waals surface area (Å²) in [5.74, 6) is 0.620. The quantitative estimate of drug-likeness (QED) is 0.647. The third-order valence-electron chi connectivity index (χ3n) is 4.20. The van der Waals surface area contributed by atoms with Crippen LogP contribution < -0.4 is 10.6 Å². The molecule has 0 atom stereocenters. The van der Waals surface area contributed by atoms with E-state index in [4.69, 9.17) is 9.73 Å². The highest BCUT2D eigenvalue weighted by atomic mass is 19.1. The number of benzene rings is 1. The Morgan fingerprint density at radius 2 is 2.09 bits per heavy atom. The van der Waals surface area contributed by atoms with Crippen LogP contribution in [0.3, 0.4) is 0 Å². The van der Waals surface area contributed by atoms with E-state index in [2.05, 4.69) is 24.5 Å². The smallest absolute Gasteiger partial charge is 0.191 e. The van der Waals surface area contributed by atoms with Crippen LogP contribution in [0.25, 0.3) is 0 Å². The fraction of sp³-hybridized carbons (Fsp3) is 0.611. The van der Waals surface area contributed by atoms with Crippen LogP contribution in [0.4, 0.5) is 4.39 Å². The van der Waals surface area contributed by atoms with E-state index in [1.165, 1.54) is 6.07 Å². The number of ether oxygens (including phenoxy) is 1. The summed E-state index contributed by atoms with van der Waals surface area (Å²) in [7, 11) is 0. The van der Waals surface area contributed by atoms with Crippen molar-refractivity contribution < 1.29 is 9.13 Å². The van der Waals surface area contributed by atoms with Crippen LogP contribution >= 0.6 is 0 Å². The molecular weight excluding hydrogens is 293 g/mol. The molecule has 1 fully saturated rings. The molecule has 0 unspecified atom stereocenters. The molecule has 23 heavy (non-hydrogen) atoms. The van der Waals surface area contributed by atoms with Gasteiger partial charge >= 0.3 is 0 Å². The van der Waals surface area contributed by atoms with Crippen molar-refractivity contribution in [1.29, 1.82) is 0 Å². The highest BCUT2D eigenvalue weighted by Gasteiger charge is 2.34. The van der Waals surface area contributed by atoms with Crippen molar-refractivity contribution in [2.75, 3.05) is 26.3 Å². The van der Waals surface area contributed by atoms with Crippen LogP contribution in [0.2, 0.25) is 0 Å². The summed E-state index contributed by atoms with van der Waals surface area (Å²) in [5.41, 5.74) is 0.865. The van der Waals surface area contributed by atoms with Crippen LogP contribution in [0.15, 0.2) is 29.3 Å². The average Bonchev–Trinajstić information content (AvgIpc) is 2.53. The van der Waals surface area contributed by atoms with Crippen molar-refractivity contribution in [3.63, 3.8) is 0 Å². The number of aliphatic imine (C=N–C) groups is 1. The summed E-state index contributed by atoms with van der Waals surface area (Å²) in [5, 5.41) is 6.60. The van der Waals surface area contributed by atoms with Crippen LogP contribution in [0, 0.1) is 5.82 Å². The Kier molecular flexibility index (Phi) is 6.39. The van der Waals surface area contributed by atoms with Crippen LogP contribution in [-0.4, -0.2) is 38.3 Å². The number of rotatable bonds is 5. The van der Waals surface area contributed by atoms with Gasteiger partial charge < -0.3 is 15.4 Å². The molecule has 0 bridgehead atoms. The molecule has 128 valence electrons. The first-order valence-electron chi connectivity index (χ1n) is 8.44. The second-order valence-electron chi connectivity index (χ2n) is 6.40. The van der Waals surface area contributed by atoms with Crippen LogP contribution in [0.1, 0.15) is 39.2 Å². The van der Waals surface area contributed by atoms with Gasteiger partial charge in [0.2, 0.25) is 0 Å². The molecular formula is C18H28FN3O. The zero-order valence-electron chi connectivity index (χ0n) is 14.4. The number of nitrogens with zero attached hydrogens (tertiary/aromatic N) is 1. The Hall–Kier alpha value is -1.62. The second kappa shape index (κ2) is 8.29. The van der Waals surface area contributed by atoms with Crippen molar-refractivity contribution in [2.45, 2.75) is 45.1 Å². The fourth-order valence-corrected chi connectivity index (χ4v) is 2.94. The molecule has 2 N–H and O–H groups in total. The molecule has 4 nitrogen and oxygen atoms in total. The minimum atomic E-state index is -0.190. The first kappa shape index (κ1) is 17.7. The van der Waals surface area contributed by atoms with E-state index in [1.807, 2.05) is 13.0 Å². The summed E-state index contributed by atoms with van der Waals surface area (Å²) in [4.78, 5) is 4.77. The van der Waals surface area contributed by atoms with Gasteiger partial charge in [0.1, 0.15) is 5.82 Å². The molecule has 1 aliphatic rings. The second-order valence-corrected chi connectivity index (χ2v) is 6.40. The van der Waals surface area contributed by atoms with E-state index in [0.717, 1.165) is 30.9 Å². The van der Waals surface area contributed by atoms with E-state index in [1.54, 1.807) is 12.1 Å². The van der Waals surface area contributed by atoms with Gasteiger partial charge in [-0.1, -0.05) is 12.1 Å². The number of guanidine groups is 1. The Bertz CT molecular complexity index is 525. The van der Waals surface area contributed by atoms with Gasteiger partial charge in [-0.2, -0.15) is 0 Å². The van der Waals surface area contributed by atoms with Crippen molar-refractivity contribution in [2.24, 2.45) is 4.99 Å². The predicted octanol–water partition coefficient (Wildman–Crippen LogP) is 2.84. The molecule has 0 aromatic heterocycles. The van der Waals surface area contributed by atoms with E-state index in [0.29, 0.717) is 25.8 Å². The van der Waals surface area contributed by atoms with E-state index in [9.17, 15) is 4.39 Å². The van der Waals surface area contributed by atoms with Gasteiger partial charge in [-0.3, -0.25) is 4.99 Å². The SMILES string of the molecule is CCNC(=NCC1(c2cccc(F)c2)CCOCC1)NC(C)C. The Morgan fingerprint density at radius 1 is 1.35 bits per heavy atom. The normalized spacial score (nSPS) is 18.0. The summed E-state index contributed by atoms with van der Waals surface area (Å²) in [6.07, 6.45) is 1.72. The predicted molar refractivity (Wildman–Crippen MR) is 92.4 cm³/mol. The van der Waals surface area contributed by atoms with Gasteiger partial charge in [-0.05, 0) is 51.3 Å². The molecule has 1 heterocycles. The van der Waals surface area contributed by atoms with Crippen LogP contribution in [0.5, 0.6) is 0 Å². The van der Waals surface area contributed by atoms with Gasteiger partial charge in [-0.25, -0.2) is 4.39 Å². The third kappa shape index (κ3) is 4.93. The lowest BCUT2D eigenvalue weighted by molar-refractivity contribution is 0.0530. The zero-order chi connectivity index (χ0) is 16.7. The topological polar surface area (TPSA) is 45.7 Å². The first-order chi connectivity index (χ1) is 11.1. The lowest BCUT2D eigenvalue weighted by atomic mass is 9.74. The first-order valence-corrected chi connectivity index (χ1v) is 8.44. The van der Waals surface area contributed by atoms with E-state index >= 15 is 0 Å². The number of nitrogens with one attached hydrogen (secondary N) is 2. The fourth-order valence-electron chi connectivity index (χ4n) is 2.94. The van der Waals surface area contributed by atoms with Crippen molar-refractivity contribution >= 4 is 5.96 Å². The van der Waals surface area contributed by atoms with Gasteiger partial charge in [-0.15, -0.1) is 0 Å². The summed E-state index contributed by atoms with van der Waals surface area (Å²) in [6, 6.07) is 7.23. The minimum Gasteiger partial charge on any atom is -0.381 e. The maximum absolute atomic E-state index is 13.7. The molecule has 1 saturated heterocycles. The molecule has 0 amide bonds. The molecule has 0 aliphatic carbocycles. The maximum atomic E-state index is 13.7. The molecule has 0 radical (unpaired) electrons. The van der Waals surface area contributed by atoms with Gasteiger partial charge in [0, 0.05) is 31.2 Å². The molecule has 0 spiro atoms. The Labute approximate surface area is 138 Å². The highest BCUT2D eigenvalue weighted by molar-refractivity contribution is 5.80. The number of hydrogen-bond acceptors (Lipinski definition) is 2. The van der Waals surface area contributed by atoms with E-state index < -0.39 is 0 Å². The molecule has 0 saturated carbocycles. The van der Waals surface area contributed by atoms with Crippen molar-refractivity contribution in [3.05, 3.63) is 35.6 Å². The lowest BCUT2D eigenvalue weighted by Gasteiger charge is -2.36. The molecule has 1 aliphatic heterocycles. The standard InChI is InChI=1S/C18H28FN3O/c1-4-20-17(22-14(2)3)21-13-18(8-10-23-11-9-18)15-6-5-7-16(19)12-15/h5-7,12,14H,4,8-11,13H2,1-3H3,(H2,20,21,22). The largest absolute Gasteiger partial charge is 0.381 e. The van der Waals surface area contributed by atoms with Crippen LogP contribution in [-0.2, 0) is 10.2 Å². The summed E-state index contributed by atoms with van der Waals surface area (Å²) >= 11 is 0. The van der Waals surface area contributed by atoms with E-state index in [-0.39, 0.29) is 11.2 Å². The van der Waals surface area contributed by atoms with Crippen molar-refractivity contribution in [1.82, 2.24) is 10.6 Å². The van der Waals surface area contributed by atoms with Gasteiger partial charge in [0.15, 0.2) is 5.96 Å². The third-order valence-corrected chi connectivity index (χ3v) is 4.20. The Balaban J connectivity index is 2.24. The Morgan fingerprint density at radius 3 is 2.70 bits per heavy atom. The zero-order valence-corrected chi connectivity index (χ0v) is 14.4. The number of halogens is 1. The highest BCUT2D eigenvalue weighted by Crippen LogP contribution is 2.35. The van der Waals surface area contributed by atoms with Gasteiger partial charge in [0.05, 0.1) is 6.54 Å². The van der Waals surface area contributed by atoms with Gasteiger partial charge in [0.25, 0.3) is 0 Å².